The molecule has 3 aromatic carbocycles. The van der Waals surface area contributed by atoms with Crippen LogP contribution in [0.3, 0.4) is 0 Å². The predicted molar refractivity (Wildman–Crippen MR) is 111 cm³/mol. The molecular formula is C20H15Cl2N5O. The highest BCUT2D eigenvalue weighted by atomic mass is 35.5. The lowest BCUT2D eigenvalue weighted by molar-refractivity contribution is 0.482. The minimum Gasteiger partial charge on any atom is -0.457 e. The lowest BCUT2D eigenvalue weighted by Crippen LogP contribution is -2.32. The average Bonchev–Trinajstić information content (AvgIpc) is 3.22. The standard InChI is InChI=1S/C20H15Cl2N5O/c21-15-6-11-20(19(22)12-15)27(25-26-14-23-13-24-26)16-7-9-18(10-8-16)28-17-4-2-1-3-5-17/h1-14,25H. The van der Waals surface area contributed by atoms with Crippen LogP contribution in [0.25, 0.3) is 0 Å². The fraction of sp³-hybridized carbons (Fsp3) is 0. The van der Waals surface area contributed by atoms with Crippen LogP contribution in [0, 0.1) is 0 Å². The number of hydrogen-bond acceptors (Lipinski definition) is 5. The first-order chi connectivity index (χ1) is 13.7. The van der Waals surface area contributed by atoms with Gasteiger partial charge in [-0.2, -0.15) is 0 Å². The molecule has 0 radical (unpaired) electrons. The van der Waals surface area contributed by atoms with E-state index in [1.54, 1.807) is 23.5 Å². The van der Waals surface area contributed by atoms with Crippen LogP contribution in [0.2, 0.25) is 10.0 Å². The molecule has 1 heterocycles. The van der Waals surface area contributed by atoms with Crippen molar-refractivity contribution in [3.05, 3.63) is 95.5 Å². The van der Waals surface area contributed by atoms with Crippen molar-refractivity contribution < 1.29 is 4.74 Å². The molecule has 1 aromatic heterocycles. The summed E-state index contributed by atoms with van der Waals surface area (Å²) in [6.07, 6.45) is 2.98. The van der Waals surface area contributed by atoms with Crippen molar-refractivity contribution in [1.29, 1.82) is 0 Å². The Hall–Kier alpha value is -3.22. The maximum Gasteiger partial charge on any atom is 0.139 e. The van der Waals surface area contributed by atoms with E-state index < -0.39 is 0 Å². The molecule has 0 bridgehead atoms. The molecule has 6 nitrogen and oxygen atoms in total. The monoisotopic (exact) mass is 411 g/mol. The van der Waals surface area contributed by atoms with Crippen LogP contribution in [-0.4, -0.2) is 14.9 Å². The number of nitrogens with zero attached hydrogens (tertiary/aromatic N) is 4. The zero-order valence-electron chi connectivity index (χ0n) is 14.5. The number of halogens is 2. The number of hydrogen-bond donors (Lipinski definition) is 1. The van der Waals surface area contributed by atoms with E-state index in [9.17, 15) is 0 Å². The second kappa shape index (κ2) is 8.21. The number of ether oxygens (including phenoxy) is 1. The molecule has 0 amide bonds. The molecule has 0 aliphatic heterocycles. The van der Waals surface area contributed by atoms with E-state index in [1.165, 1.54) is 11.1 Å². The fourth-order valence-electron chi connectivity index (χ4n) is 2.56. The normalized spacial score (nSPS) is 10.5. The van der Waals surface area contributed by atoms with E-state index in [1.807, 2.05) is 60.7 Å². The number of hydrazine groups is 1. The molecule has 140 valence electrons. The molecule has 0 spiro atoms. The van der Waals surface area contributed by atoms with Crippen LogP contribution in [0.4, 0.5) is 11.4 Å². The average molecular weight is 412 g/mol. The minimum absolute atomic E-state index is 0.490. The van der Waals surface area contributed by atoms with Gasteiger partial charge in [-0.3, -0.25) is 0 Å². The highest BCUT2D eigenvalue weighted by molar-refractivity contribution is 6.36. The van der Waals surface area contributed by atoms with Gasteiger partial charge in [0, 0.05) is 5.02 Å². The molecule has 1 N–H and O–H groups in total. The summed E-state index contributed by atoms with van der Waals surface area (Å²) in [4.78, 5) is 5.42. The first kappa shape index (κ1) is 18.2. The lowest BCUT2D eigenvalue weighted by Gasteiger charge is -2.26. The second-order valence-electron chi connectivity index (χ2n) is 5.78. The molecule has 4 rings (SSSR count). The Morgan fingerprint density at radius 2 is 1.64 bits per heavy atom. The van der Waals surface area contributed by atoms with Gasteiger partial charge in [-0.15, -0.1) is 9.89 Å². The van der Waals surface area contributed by atoms with Gasteiger partial charge in [0.05, 0.1) is 16.4 Å². The molecule has 8 heteroatoms. The quantitative estimate of drug-likeness (QED) is 0.414. The fourth-order valence-corrected chi connectivity index (χ4v) is 3.06. The van der Waals surface area contributed by atoms with Crippen molar-refractivity contribution in [3.63, 3.8) is 0 Å². The van der Waals surface area contributed by atoms with E-state index in [2.05, 4.69) is 15.6 Å². The molecule has 0 unspecified atom stereocenters. The van der Waals surface area contributed by atoms with Crippen molar-refractivity contribution in [2.75, 3.05) is 10.5 Å². The summed E-state index contributed by atoms with van der Waals surface area (Å²) >= 11 is 12.5. The number of rotatable bonds is 6. The second-order valence-corrected chi connectivity index (χ2v) is 6.62. The van der Waals surface area contributed by atoms with Gasteiger partial charge in [0.25, 0.3) is 0 Å². The molecule has 0 aliphatic carbocycles. The molecule has 28 heavy (non-hydrogen) atoms. The zero-order valence-corrected chi connectivity index (χ0v) is 16.0. The maximum atomic E-state index is 6.42. The van der Waals surface area contributed by atoms with Crippen molar-refractivity contribution >= 4 is 34.6 Å². The van der Waals surface area contributed by atoms with Gasteiger partial charge in [0.1, 0.15) is 24.2 Å². The van der Waals surface area contributed by atoms with E-state index in [-0.39, 0.29) is 0 Å². The molecule has 4 aromatic rings. The summed E-state index contributed by atoms with van der Waals surface area (Å²) in [5.41, 5.74) is 4.66. The zero-order chi connectivity index (χ0) is 19.3. The summed E-state index contributed by atoms with van der Waals surface area (Å²) in [5.74, 6) is 1.49. The minimum atomic E-state index is 0.490. The number of nitrogens with one attached hydrogen (secondary N) is 1. The third-order valence-corrected chi connectivity index (χ3v) is 4.38. The van der Waals surface area contributed by atoms with Crippen LogP contribution in [-0.2, 0) is 0 Å². The van der Waals surface area contributed by atoms with Gasteiger partial charge < -0.3 is 4.74 Å². The SMILES string of the molecule is Clc1ccc(N(Nn2cncn2)c2ccc(Oc3ccccc3)cc2)c(Cl)c1. The summed E-state index contributed by atoms with van der Waals surface area (Å²) in [7, 11) is 0. The van der Waals surface area contributed by atoms with Gasteiger partial charge in [-0.25, -0.2) is 15.5 Å². The van der Waals surface area contributed by atoms with Crippen LogP contribution >= 0.6 is 23.2 Å². The van der Waals surface area contributed by atoms with E-state index in [0.717, 1.165) is 17.2 Å². The largest absolute Gasteiger partial charge is 0.457 e. The molecule has 0 saturated carbocycles. The van der Waals surface area contributed by atoms with Crippen LogP contribution < -0.4 is 15.3 Å². The molecule has 0 aliphatic rings. The Labute approximate surface area is 171 Å². The Balaban J connectivity index is 1.64. The topological polar surface area (TPSA) is 55.2 Å². The van der Waals surface area contributed by atoms with Crippen molar-refractivity contribution in [2.45, 2.75) is 0 Å². The Morgan fingerprint density at radius 1 is 0.893 bits per heavy atom. The number of aromatic nitrogens is 3. The van der Waals surface area contributed by atoms with Gasteiger partial charge in [0.2, 0.25) is 0 Å². The Morgan fingerprint density at radius 3 is 2.32 bits per heavy atom. The highest BCUT2D eigenvalue weighted by Crippen LogP contribution is 2.34. The predicted octanol–water partition coefficient (Wildman–Crippen LogP) is 5.67. The maximum absolute atomic E-state index is 6.42. The van der Waals surface area contributed by atoms with E-state index in [0.29, 0.717) is 15.7 Å². The van der Waals surface area contributed by atoms with Crippen LogP contribution in [0.5, 0.6) is 11.5 Å². The summed E-state index contributed by atoms with van der Waals surface area (Å²) in [6, 6.07) is 22.5. The Kier molecular flexibility index (Phi) is 5.32. The third kappa shape index (κ3) is 4.19. The summed E-state index contributed by atoms with van der Waals surface area (Å²) < 4.78 is 5.85. The highest BCUT2D eigenvalue weighted by Gasteiger charge is 2.14. The van der Waals surface area contributed by atoms with Crippen molar-refractivity contribution in [1.82, 2.24) is 14.9 Å². The summed E-state index contributed by atoms with van der Waals surface area (Å²) in [6.45, 7) is 0. The summed E-state index contributed by atoms with van der Waals surface area (Å²) in [5, 5.41) is 6.91. The number of benzene rings is 3. The third-order valence-electron chi connectivity index (χ3n) is 3.85. The van der Waals surface area contributed by atoms with Crippen molar-refractivity contribution in [2.24, 2.45) is 0 Å². The number of para-hydroxylation sites is 1. The molecular weight excluding hydrogens is 397 g/mol. The molecule has 0 saturated heterocycles. The van der Waals surface area contributed by atoms with Crippen LogP contribution in [0.15, 0.2) is 85.5 Å². The number of anilines is 2. The van der Waals surface area contributed by atoms with Crippen molar-refractivity contribution in [3.8, 4) is 11.5 Å². The molecule has 0 atom stereocenters. The molecule has 0 fully saturated rings. The van der Waals surface area contributed by atoms with Gasteiger partial charge in [-0.1, -0.05) is 41.4 Å². The first-order valence-electron chi connectivity index (χ1n) is 8.38. The smallest absolute Gasteiger partial charge is 0.139 e. The van der Waals surface area contributed by atoms with Gasteiger partial charge in [-0.05, 0) is 54.6 Å². The van der Waals surface area contributed by atoms with Crippen LogP contribution in [0.1, 0.15) is 0 Å². The Bertz CT molecular complexity index is 1040. The lowest BCUT2D eigenvalue weighted by atomic mass is 10.2. The van der Waals surface area contributed by atoms with E-state index >= 15 is 0 Å². The first-order valence-corrected chi connectivity index (χ1v) is 9.14. The van der Waals surface area contributed by atoms with Gasteiger partial charge in [0.15, 0.2) is 0 Å². The van der Waals surface area contributed by atoms with E-state index in [4.69, 9.17) is 27.9 Å². The van der Waals surface area contributed by atoms with Gasteiger partial charge >= 0.3 is 0 Å².